The third kappa shape index (κ3) is 3.42. The van der Waals surface area contributed by atoms with Crippen LogP contribution in [0.2, 0.25) is 5.02 Å². The van der Waals surface area contributed by atoms with E-state index in [1.165, 1.54) is 16.0 Å². The summed E-state index contributed by atoms with van der Waals surface area (Å²) >= 11 is 8.04. The lowest BCUT2D eigenvalue weighted by molar-refractivity contribution is -0.133. The van der Waals surface area contributed by atoms with E-state index in [2.05, 4.69) is 23.6 Å². The van der Waals surface area contributed by atoms with E-state index in [0.717, 1.165) is 23.6 Å². The molecule has 0 saturated heterocycles. The number of hydrogen-bond acceptors (Lipinski definition) is 2. The van der Waals surface area contributed by atoms with Crippen LogP contribution < -0.4 is 0 Å². The Kier molecular flexibility index (Phi) is 5.09. The fraction of sp³-hybridized carbons (Fsp3) is 0.227. The predicted molar refractivity (Wildman–Crippen MR) is 108 cm³/mol. The van der Waals surface area contributed by atoms with E-state index in [-0.39, 0.29) is 11.9 Å². The minimum Gasteiger partial charge on any atom is -0.331 e. The van der Waals surface area contributed by atoms with E-state index < -0.39 is 0 Å². The van der Waals surface area contributed by atoms with Gasteiger partial charge in [-0.25, -0.2) is 0 Å². The number of carbonyl (C=O) groups excluding carboxylic acids is 1. The van der Waals surface area contributed by atoms with Crippen LogP contribution in [0, 0.1) is 0 Å². The minimum absolute atomic E-state index is 0.0185. The number of hydrogen-bond donors (Lipinski definition) is 0. The summed E-state index contributed by atoms with van der Waals surface area (Å²) in [6.07, 6.45) is 2.09. The van der Waals surface area contributed by atoms with Crippen LogP contribution in [0.25, 0.3) is 0 Å². The lowest BCUT2D eigenvalue weighted by atomic mass is 9.92. The van der Waals surface area contributed by atoms with E-state index in [0.29, 0.717) is 12.8 Å². The molecule has 1 aliphatic heterocycles. The largest absolute Gasteiger partial charge is 0.331 e. The first kappa shape index (κ1) is 17.3. The van der Waals surface area contributed by atoms with Crippen LogP contribution in [-0.4, -0.2) is 17.4 Å². The van der Waals surface area contributed by atoms with Gasteiger partial charge in [-0.15, -0.1) is 11.3 Å². The SMILES string of the molecule is O=C(CCc1ccccc1Cl)N1CCc2sccc2C1c1ccccc1. The standard InChI is InChI=1S/C22H20ClNOS/c23-19-9-5-4-6-16(19)10-11-21(25)24-14-12-20-18(13-15-26-20)22(24)17-7-2-1-3-8-17/h1-9,13,15,22H,10-12,14H2. The molecule has 1 aliphatic rings. The van der Waals surface area contributed by atoms with Crippen molar-refractivity contribution >= 4 is 28.8 Å². The summed E-state index contributed by atoms with van der Waals surface area (Å²) in [5.74, 6) is 0.190. The highest BCUT2D eigenvalue weighted by Crippen LogP contribution is 2.38. The normalized spacial score (nSPS) is 16.3. The van der Waals surface area contributed by atoms with Gasteiger partial charge in [-0.3, -0.25) is 4.79 Å². The van der Waals surface area contributed by atoms with Crippen molar-refractivity contribution in [3.8, 4) is 0 Å². The summed E-state index contributed by atoms with van der Waals surface area (Å²) in [6.45, 7) is 0.772. The highest BCUT2D eigenvalue weighted by molar-refractivity contribution is 7.10. The van der Waals surface area contributed by atoms with Gasteiger partial charge in [0.1, 0.15) is 0 Å². The molecular weight excluding hydrogens is 362 g/mol. The maximum absolute atomic E-state index is 13.1. The molecule has 26 heavy (non-hydrogen) atoms. The zero-order chi connectivity index (χ0) is 17.9. The molecule has 0 spiro atoms. The van der Waals surface area contributed by atoms with Gasteiger partial charge in [0.15, 0.2) is 0 Å². The predicted octanol–water partition coefficient (Wildman–Crippen LogP) is 5.51. The summed E-state index contributed by atoms with van der Waals surface area (Å²) in [6, 6.07) is 20.3. The van der Waals surface area contributed by atoms with Crippen molar-refractivity contribution in [1.82, 2.24) is 4.90 Å². The van der Waals surface area contributed by atoms with E-state index >= 15 is 0 Å². The summed E-state index contributed by atoms with van der Waals surface area (Å²) in [5, 5.41) is 2.87. The molecule has 132 valence electrons. The van der Waals surface area contributed by atoms with Crippen molar-refractivity contribution in [2.24, 2.45) is 0 Å². The number of aryl methyl sites for hydroxylation is 1. The minimum atomic E-state index is 0.0185. The monoisotopic (exact) mass is 381 g/mol. The van der Waals surface area contributed by atoms with Gasteiger partial charge in [-0.05, 0) is 47.0 Å². The van der Waals surface area contributed by atoms with Gasteiger partial charge in [0.2, 0.25) is 5.91 Å². The summed E-state index contributed by atoms with van der Waals surface area (Å²) in [4.78, 5) is 16.5. The number of benzene rings is 2. The molecule has 2 aromatic carbocycles. The molecular formula is C22H20ClNOS. The van der Waals surface area contributed by atoms with Crippen LogP contribution in [0.1, 0.15) is 34.0 Å². The number of halogens is 1. The Bertz CT molecular complexity index is 905. The van der Waals surface area contributed by atoms with Gasteiger partial charge < -0.3 is 4.90 Å². The van der Waals surface area contributed by atoms with E-state index in [9.17, 15) is 4.79 Å². The van der Waals surface area contributed by atoms with Crippen LogP contribution in [-0.2, 0) is 17.6 Å². The summed E-state index contributed by atoms with van der Waals surface area (Å²) < 4.78 is 0. The molecule has 0 radical (unpaired) electrons. The average molecular weight is 382 g/mol. The third-order valence-electron chi connectivity index (χ3n) is 4.97. The Labute approximate surface area is 163 Å². The highest BCUT2D eigenvalue weighted by atomic mass is 35.5. The second-order valence-electron chi connectivity index (χ2n) is 6.54. The Hall–Kier alpha value is -2.10. The summed E-state index contributed by atoms with van der Waals surface area (Å²) in [7, 11) is 0. The molecule has 1 atom stereocenters. The van der Waals surface area contributed by atoms with E-state index in [4.69, 9.17) is 11.6 Å². The van der Waals surface area contributed by atoms with Gasteiger partial charge in [0, 0.05) is 22.9 Å². The van der Waals surface area contributed by atoms with Gasteiger partial charge in [0.25, 0.3) is 0 Å². The maximum Gasteiger partial charge on any atom is 0.223 e. The fourth-order valence-corrected chi connectivity index (χ4v) is 4.80. The fourth-order valence-electron chi connectivity index (χ4n) is 3.67. The zero-order valence-electron chi connectivity index (χ0n) is 14.4. The second-order valence-corrected chi connectivity index (χ2v) is 7.95. The number of thiophene rings is 1. The Morgan fingerprint density at radius 2 is 1.85 bits per heavy atom. The molecule has 0 bridgehead atoms. The van der Waals surface area contributed by atoms with Crippen molar-refractivity contribution in [3.05, 3.63) is 92.6 Å². The van der Waals surface area contributed by atoms with Gasteiger partial charge in [-0.1, -0.05) is 60.1 Å². The first-order valence-electron chi connectivity index (χ1n) is 8.88. The molecule has 3 aromatic rings. The molecule has 2 nitrogen and oxygen atoms in total. The zero-order valence-corrected chi connectivity index (χ0v) is 16.0. The lowest BCUT2D eigenvalue weighted by Gasteiger charge is -2.36. The van der Waals surface area contributed by atoms with Crippen molar-refractivity contribution < 1.29 is 4.79 Å². The molecule has 1 amide bonds. The molecule has 0 saturated carbocycles. The number of nitrogens with zero attached hydrogens (tertiary/aromatic N) is 1. The molecule has 4 rings (SSSR count). The van der Waals surface area contributed by atoms with E-state index in [1.54, 1.807) is 11.3 Å². The van der Waals surface area contributed by atoms with Crippen LogP contribution in [0.15, 0.2) is 66.0 Å². The van der Waals surface area contributed by atoms with Crippen molar-refractivity contribution in [2.75, 3.05) is 6.54 Å². The van der Waals surface area contributed by atoms with Crippen molar-refractivity contribution in [2.45, 2.75) is 25.3 Å². The van der Waals surface area contributed by atoms with Crippen molar-refractivity contribution in [1.29, 1.82) is 0 Å². The number of amides is 1. The molecule has 2 heterocycles. The lowest BCUT2D eigenvalue weighted by Crippen LogP contribution is -2.40. The Morgan fingerprint density at radius 3 is 2.65 bits per heavy atom. The van der Waals surface area contributed by atoms with E-state index in [1.807, 2.05) is 47.4 Å². The molecule has 4 heteroatoms. The van der Waals surface area contributed by atoms with Gasteiger partial charge >= 0.3 is 0 Å². The quantitative estimate of drug-likeness (QED) is 0.583. The van der Waals surface area contributed by atoms with Gasteiger partial charge in [0.05, 0.1) is 6.04 Å². The van der Waals surface area contributed by atoms with Crippen LogP contribution in [0.5, 0.6) is 0 Å². The Balaban J connectivity index is 1.58. The number of rotatable bonds is 4. The van der Waals surface area contributed by atoms with Crippen molar-refractivity contribution in [3.63, 3.8) is 0 Å². The molecule has 0 fully saturated rings. The molecule has 0 aliphatic carbocycles. The first-order chi connectivity index (χ1) is 12.7. The van der Waals surface area contributed by atoms with Crippen LogP contribution in [0.3, 0.4) is 0 Å². The second kappa shape index (κ2) is 7.65. The van der Waals surface area contributed by atoms with Gasteiger partial charge in [-0.2, -0.15) is 0 Å². The van der Waals surface area contributed by atoms with Crippen LogP contribution >= 0.6 is 22.9 Å². The van der Waals surface area contributed by atoms with Crippen LogP contribution in [0.4, 0.5) is 0 Å². The third-order valence-corrected chi connectivity index (χ3v) is 6.33. The average Bonchev–Trinajstić information content (AvgIpc) is 3.16. The highest BCUT2D eigenvalue weighted by Gasteiger charge is 2.32. The summed E-state index contributed by atoms with van der Waals surface area (Å²) in [5.41, 5.74) is 3.49. The Morgan fingerprint density at radius 1 is 1.08 bits per heavy atom. The first-order valence-corrected chi connectivity index (χ1v) is 10.1. The number of fused-ring (bicyclic) bond motifs is 1. The topological polar surface area (TPSA) is 20.3 Å². The number of carbonyl (C=O) groups is 1. The maximum atomic E-state index is 13.1. The molecule has 0 N–H and O–H groups in total. The smallest absolute Gasteiger partial charge is 0.223 e. The molecule has 1 unspecified atom stereocenters. The molecule has 1 aromatic heterocycles.